The van der Waals surface area contributed by atoms with Gasteiger partial charge in [-0.1, -0.05) is 6.07 Å². The Morgan fingerprint density at radius 3 is 2.62 bits per heavy atom. The summed E-state index contributed by atoms with van der Waals surface area (Å²) in [5.41, 5.74) is 13.3. The zero-order chi connectivity index (χ0) is 12.3. The van der Waals surface area contributed by atoms with Crippen LogP contribution in [0.2, 0.25) is 0 Å². The van der Waals surface area contributed by atoms with Crippen LogP contribution in [-0.4, -0.2) is 11.4 Å². The number of carbonyl (C=O) groups excluding carboxylic acids is 1. The van der Waals surface area contributed by atoms with Crippen LogP contribution < -0.4 is 16.8 Å². The Kier molecular flexibility index (Phi) is 3.42. The molecule has 1 rings (SSSR count). The fraction of sp³-hybridized carbons (Fsp3) is 0.417. The van der Waals surface area contributed by atoms with Gasteiger partial charge in [-0.2, -0.15) is 0 Å². The summed E-state index contributed by atoms with van der Waals surface area (Å²) in [5, 5.41) is 3.23. The molecular formula is C12H19N3O. The highest BCUT2D eigenvalue weighted by Crippen LogP contribution is 2.24. The lowest BCUT2D eigenvalue weighted by molar-refractivity contribution is -0.118. The van der Waals surface area contributed by atoms with E-state index in [-0.39, 0.29) is 12.3 Å². The zero-order valence-electron chi connectivity index (χ0n) is 10.0. The topological polar surface area (TPSA) is 81.1 Å². The van der Waals surface area contributed by atoms with Crippen LogP contribution in [-0.2, 0) is 4.79 Å². The van der Waals surface area contributed by atoms with Crippen molar-refractivity contribution in [2.24, 2.45) is 5.73 Å². The van der Waals surface area contributed by atoms with E-state index in [0.717, 1.165) is 11.3 Å². The predicted molar refractivity (Wildman–Crippen MR) is 67.1 cm³/mol. The Balaban J connectivity index is 2.86. The molecule has 1 amide bonds. The van der Waals surface area contributed by atoms with Crippen LogP contribution in [0.15, 0.2) is 18.2 Å². The lowest BCUT2D eigenvalue weighted by Crippen LogP contribution is -2.36. The molecule has 0 aliphatic rings. The molecule has 0 saturated carbocycles. The summed E-state index contributed by atoms with van der Waals surface area (Å²) in [7, 11) is 0. The average Bonchev–Trinajstić information content (AvgIpc) is 2.08. The molecule has 0 heterocycles. The summed E-state index contributed by atoms with van der Waals surface area (Å²) >= 11 is 0. The van der Waals surface area contributed by atoms with Crippen LogP contribution in [0.5, 0.6) is 0 Å². The monoisotopic (exact) mass is 221 g/mol. The van der Waals surface area contributed by atoms with Crippen LogP contribution in [0.25, 0.3) is 0 Å². The second-order valence-corrected chi connectivity index (χ2v) is 4.74. The molecule has 0 bridgehead atoms. The normalized spacial score (nSPS) is 11.2. The lowest BCUT2D eigenvalue weighted by Gasteiger charge is -2.27. The van der Waals surface area contributed by atoms with Gasteiger partial charge in [0.2, 0.25) is 5.91 Å². The van der Waals surface area contributed by atoms with Gasteiger partial charge in [0.05, 0.1) is 11.4 Å². The first-order chi connectivity index (χ1) is 7.30. The molecule has 0 fully saturated rings. The highest BCUT2D eigenvalue weighted by Gasteiger charge is 2.20. The van der Waals surface area contributed by atoms with Crippen molar-refractivity contribution in [3.63, 3.8) is 0 Å². The van der Waals surface area contributed by atoms with E-state index in [1.165, 1.54) is 0 Å². The van der Waals surface area contributed by atoms with Gasteiger partial charge in [0.1, 0.15) is 0 Å². The van der Waals surface area contributed by atoms with Crippen LogP contribution in [0.4, 0.5) is 11.4 Å². The smallest absolute Gasteiger partial charge is 0.219 e. The van der Waals surface area contributed by atoms with E-state index in [2.05, 4.69) is 5.32 Å². The number of aryl methyl sites for hydroxylation is 1. The van der Waals surface area contributed by atoms with Crippen molar-refractivity contribution in [1.82, 2.24) is 0 Å². The standard InChI is InChI=1S/C12H19N3O/c1-8-4-5-9(13)10(6-8)15-12(2,3)7-11(14)16/h4-6,15H,7,13H2,1-3H3,(H2,14,16). The Morgan fingerprint density at radius 2 is 2.06 bits per heavy atom. The zero-order valence-corrected chi connectivity index (χ0v) is 10.0. The van der Waals surface area contributed by atoms with E-state index >= 15 is 0 Å². The first kappa shape index (κ1) is 12.4. The number of nitrogen functional groups attached to an aromatic ring is 1. The summed E-state index contributed by atoms with van der Waals surface area (Å²) in [4.78, 5) is 10.9. The maximum Gasteiger partial charge on any atom is 0.219 e. The first-order valence-corrected chi connectivity index (χ1v) is 5.23. The molecule has 0 spiro atoms. The minimum absolute atomic E-state index is 0.264. The van der Waals surface area contributed by atoms with Gasteiger partial charge in [0, 0.05) is 12.0 Å². The Morgan fingerprint density at radius 1 is 1.44 bits per heavy atom. The molecule has 1 aromatic carbocycles. The van der Waals surface area contributed by atoms with Crippen molar-refractivity contribution in [3.8, 4) is 0 Å². The number of nitrogens with two attached hydrogens (primary N) is 2. The second-order valence-electron chi connectivity index (χ2n) is 4.74. The third kappa shape index (κ3) is 3.46. The van der Waals surface area contributed by atoms with Gasteiger partial charge < -0.3 is 16.8 Å². The third-order valence-electron chi connectivity index (χ3n) is 2.30. The molecule has 0 radical (unpaired) electrons. The molecule has 0 unspecified atom stereocenters. The van der Waals surface area contributed by atoms with Gasteiger partial charge in [-0.15, -0.1) is 0 Å². The highest BCUT2D eigenvalue weighted by atomic mass is 16.1. The van der Waals surface area contributed by atoms with Gasteiger partial charge >= 0.3 is 0 Å². The Bertz CT molecular complexity index is 399. The summed E-state index contributed by atoms with van der Waals surface area (Å²) in [6.45, 7) is 5.82. The molecule has 0 aliphatic heterocycles. The number of nitrogens with one attached hydrogen (secondary N) is 1. The summed E-state index contributed by atoms with van der Waals surface area (Å²) in [5.74, 6) is -0.330. The van der Waals surface area contributed by atoms with Crippen LogP contribution in [0.1, 0.15) is 25.8 Å². The number of amides is 1. The molecule has 1 aromatic rings. The van der Waals surface area contributed by atoms with Gasteiger partial charge in [-0.25, -0.2) is 0 Å². The van der Waals surface area contributed by atoms with Crippen molar-refractivity contribution in [2.45, 2.75) is 32.7 Å². The second kappa shape index (κ2) is 4.43. The van der Waals surface area contributed by atoms with Crippen molar-refractivity contribution in [2.75, 3.05) is 11.1 Å². The summed E-state index contributed by atoms with van der Waals surface area (Å²) in [6, 6.07) is 5.75. The molecule has 0 atom stereocenters. The Hall–Kier alpha value is -1.71. The van der Waals surface area contributed by atoms with E-state index in [4.69, 9.17) is 11.5 Å². The number of anilines is 2. The minimum Gasteiger partial charge on any atom is -0.397 e. The maximum absolute atomic E-state index is 10.9. The molecule has 88 valence electrons. The number of hydrogen-bond acceptors (Lipinski definition) is 3. The fourth-order valence-corrected chi connectivity index (χ4v) is 1.62. The first-order valence-electron chi connectivity index (χ1n) is 5.23. The van der Waals surface area contributed by atoms with E-state index < -0.39 is 5.54 Å². The maximum atomic E-state index is 10.9. The summed E-state index contributed by atoms with van der Waals surface area (Å²) < 4.78 is 0. The molecule has 0 aliphatic carbocycles. The molecule has 4 nitrogen and oxygen atoms in total. The molecular weight excluding hydrogens is 202 g/mol. The minimum atomic E-state index is -0.395. The van der Waals surface area contributed by atoms with Crippen molar-refractivity contribution < 1.29 is 4.79 Å². The van der Waals surface area contributed by atoms with E-state index in [0.29, 0.717) is 5.69 Å². The van der Waals surface area contributed by atoms with Gasteiger partial charge in [-0.05, 0) is 38.5 Å². The summed E-state index contributed by atoms with van der Waals surface area (Å²) in [6.07, 6.45) is 0.264. The predicted octanol–water partition coefficient (Wildman–Crippen LogP) is 1.64. The molecule has 4 heteroatoms. The van der Waals surface area contributed by atoms with E-state index in [1.807, 2.05) is 39.0 Å². The third-order valence-corrected chi connectivity index (χ3v) is 2.30. The van der Waals surface area contributed by atoms with Gasteiger partial charge in [-0.3, -0.25) is 4.79 Å². The van der Waals surface area contributed by atoms with Crippen LogP contribution in [0, 0.1) is 6.92 Å². The van der Waals surface area contributed by atoms with E-state index in [1.54, 1.807) is 0 Å². The number of hydrogen-bond donors (Lipinski definition) is 3. The van der Waals surface area contributed by atoms with Crippen LogP contribution >= 0.6 is 0 Å². The van der Waals surface area contributed by atoms with Crippen LogP contribution in [0.3, 0.4) is 0 Å². The SMILES string of the molecule is Cc1ccc(N)c(NC(C)(C)CC(N)=O)c1. The molecule has 16 heavy (non-hydrogen) atoms. The fourth-order valence-electron chi connectivity index (χ4n) is 1.62. The van der Waals surface area contributed by atoms with Crippen molar-refractivity contribution >= 4 is 17.3 Å². The molecule has 0 aromatic heterocycles. The lowest BCUT2D eigenvalue weighted by atomic mass is 9.99. The average molecular weight is 221 g/mol. The van der Waals surface area contributed by atoms with Gasteiger partial charge in [0.25, 0.3) is 0 Å². The number of primary amides is 1. The Labute approximate surface area is 96.0 Å². The van der Waals surface area contributed by atoms with E-state index in [9.17, 15) is 4.79 Å². The largest absolute Gasteiger partial charge is 0.397 e. The van der Waals surface area contributed by atoms with Crippen molar-refractivity contribution in [1.29, 1.82) is 0 Å². The highest BCUT2D eigenvalue weighted by molar-refractivity contribution is 5.76. The molecule has 0 saturated heterocycles. The molecule has 5 N–H and O–H groups in total. The van der Waals surface area contributed by atoms with Gasteiger partial charge in [0.15, 0.2) is 0 Å². The number of rotatable bonds is 4. The van der Waals surface area contributed by atoms with Crippen molar-refractivity contribution in [3.05, 3.63) is 23.8 Å². The number of benzene rings is 1. The quantitative estimate of drug-likeness (QED) is 0.676. The number of carbonyl (C=O) groups is 1.